The second-order valence-corrected chi connectivity index (χ2v) is 4.12. The van der Waals surface area contributed by atoms with Gasteiger partial charge in [-0.1, -0.05) is 24.4 Å². The lowest BCUT2D eigenvalue weighted by Gasteiger charge is -2.12. The van der Waals surface area contributed by atoms with Gasteiger partial charge in [-0.05, 0) is 12.8 Å². The van der Waals surface area contributed by atoms with Gasteiger partial charge in [-0.25, -0.2) is 4.79 Å². The van der Waals surface area contributed by atoms with Gasteiger partial charge in [-0.2, -0.15) is 5.10 Å². The summed E-state index contributed by atoms with van der Waals surface area (Å²) in [7, 11) is 1.35. The van der Waals surface area contributed by atoms with Gasteiger partial charge in [0.05, 0.1) is 24.4 Å². The first-order valence-corrected chi connectivity index (χ1v) is 5.43. The van der Waals surface area contributed by atoms with Crippen molar-refractivity contribution in [2.45, 2.75) is 31.7 Å². The van der Waals surface area contributed by atoms with Crippen molar-refractivity contribution in [1.29, 1.82) is 0 Å². The number of hydrogen-bond donors (Lipinski definition) is 0. The Balaban J connectivity index is 2.34. The molecule has 1 saturated carbocycles. The van der Waals surface area contributed by atoms with E-state index in [1.807, 2.05) is 0 Å². The van der Waals surface area contributed by atoms with Gasteiger partial charge in [-0.15, -0.1) is 0 Å². The van der Waals surface area contributed by atoms with E-state index < -0.39 is 5.97 Å². The van der Waals surface area contributed by atoms with Gasteiger partial charge >= 0.3 is 5.97 Å². The summed E-state index contributed by atoms with van der Waals surface area (Å²) in [5.41, 5.74) is 0.381. The Kier molecular flexibility index (Phi) is 2.95. The number of aromatic nitrogens is 2. The molecule has 0 aliphatic heterocycles. The Morgan fingerprint density at radius 2 is 2.27 bits per heavy atom. The lowest BCUT2D eigenvalue weighted by molar-refractivity contribution is 0.0583. The van der Waals surface area contributed by atoms with Crippen LogP contribution in [0.5, 0.6) is 0 Å². The molecular weight excluding hydrogens is 216 g/mol. The summed E-state index contributed by atoms with van der Waals surface area (Å²) in [6, 6.07) is 0.298. The van der Waals surface area contributed by atoms with E-state index in [1.54, 1.807) is 4.68 Å². The van der Waals surface area contributed by atoms with Crippen molar-refractivity contribution in [1.82, 2.24) is 9.78 Å². The fourth-order valence-electron chi connectivity index (χ4n) is 2.05. The Morgan fingerprint density at radius 3 is 2.87 bits per heavy atom. The molecule has 2 rings (SSSR count). The fraction of sp³-hybridized carbons (Fsp3) is 0.600. The van der Waals surface area contributed by atoms with Crippen molar-refractivity contribution >= 4 is 17.6 Å². The first kappa shape index (κ1) is 10.5. The summed E-state index contributed by atoms with van der Waals surface area (Å²) in [5, 5.41) is 4.52. The Hall–Kier alpha value is -1.03. The quantitative estimate of drug-likeness (QED) is 0.731. The maximum absolute atomic E-state index is 11.5. The van der Waals surface area contributed by atoms with Crippen LogP contribution in [0.2, 0.25) is 5.02 Å². The fourth-order valence-corrected chi connectivity index (χ4v) is 2.26. The summed E-state index contributed by atoms with van der Waals surface area (Å²) >= 11 is 5.91. The topological polar surface area (TPSA) is 44.1 Å². The summed E-state index contributed by atoms with van der Waals surface area (Å²) in [4.78, 5) is 11.5. The lowest BCUT2D eigenvalue weighted by Crippen LogP contribution is -2.15. The summed E-state index contributed by atoms with van der Waals surface area (Å²) < 4.78 is 6.40. The van der Waals surface area contributed by atoms with Crippen molar-refractivity contribution < 1.29 is 9.53 Å². The van der Waals surface area contributed by atoms with E-state index >= 15 is 0 Å². The van der Waals surface area contributed by atoms with E-state index in [4.69, 9.17) is 16.3 Å². The molecule has 1 heterocycles. The zero-order valence-corrected chi connectivity index (χ0v) is 9.33. The van der Waals surface area contributed by atoms with E-state index in [0.717, 1.165) is 12.8 Å². The third-order valence-corrected chi connectivity index (χ3v) is 3.08. The smallest absolute Gasteiger partial charge is 0.357 e. The predicted octanol–water partition coefficient (Wildman–Crippen LogP) is 2.44. The molecule has 0 unspecified atom stereocenters. The Bertz CT molecular complexity index is 369. The molecule has 0 saturated heterocycles. The minimum Gasteiger partial charge on any atom is -0.464 e. The highest BCUT2D eigenvalue weighted by atomic mass is 35.5. The molecule has 1 fully saturated rings. The SMILES string of the molecule is COC(=O)c1c(Cl)cnn1C1CCCC1. The zero-order valence-electron chi connectivity index (χ0n) is 8.57. The largest absolute Gasteiger partial charge is 0.464 e. The molecule has 4 nitrogen and oxygen atoms in total. The second kappa shape index (κ2) is 4.23. The maximum atomic E-state index is 11.5. The molecular formula is C10H13ClN2O2. The monoisotopic (exact) mass is 228 g/mol. The van der Waals surface area contributed by atoms with Gasteiger partial charge in [-0.3, -0.25) is 4.68 Å². The molecule has 0 amide bonds. The van der Waals surface area contributed by atoms with Crippen LogP contribution >= 0.6 is 11.6 Å². The van der Waals surface area contributed by atoms with Crippen LogP contribution in [0.1, 0.15) is 42.2 Å². The third kappa shape index (κ3) is 1.86. The molecule has 0 bridgehead atoms. The van der Waals surface area contributed by atoms with Crippen LogP contribution in [0.4, 0.5) is 0 Å². The van der Waals surface area contributed by atoms with Crippen molar-refractivity contribution in [3.05, 3.63) is 16.9 Å². The number of hydrogen-bond acceptors (Lipinski definition) is 3. The highest BCUT2D eigenvalue weighted by molar-refractivity contribution is 6.33. The van der Waals surface area contributed by atoms with Crippen LogP contribution in [0.3, 0.4) is 0 Å². The van der Waals surface area contributed by atoms with Crippen LogP contribution in [0.25, 0.3) is 0 Å². The molecule has 0 aromatic carbocycles. The Morgan fingerprint density at radius 1 is 1.60 bits per heavy atom. The van der Waals surface area contributed by atoms with E-state index in [9.17, 15) is 4.79 Å². The number of ether oxygens (including phenoxy) is 1. The molecule has 0 N–H and O–H groups in total. The molecule has 1 aromatic heterocycles. The van der Waals surface area contributed by atoms with Crippen molar-refractivity contribution in [2.75, 3.05) is 7.11 Å². The number of rotatable bonds is 2. The van der Waals surface area contributed by atoms with Crippen LogP contribution in [0.15, 0.2) is 6.20 Å². The van der Waals surface area contributed by atoms with Gasteiger partial charge in [0.1, 0.15) is 0 Å². The van der Waals surface area contributed by atoms with Gasteiger partial charge < -0.3 is 4.74 Å². The first-order chi connectivity index (χ1) is 7.24. The van der Waals surface area contributed by atoms with Gasteiger partial charge in [0.2, 0.25) is 0 Å². The number of carbonyl (C=O) groups excluding carboxylic acids is 1. The van der Waals surface area contributed by atoms with E-state index in [0.29, 0.717) is 16.8 Å². The van der Waals surface area contributed by atoms with Gasteiger partial charge in [0.15, 0.2) is 5.69 Å². The van der Waals surface area contributed by atoms with Crippen LogP contribution in [-0.2, 0) is 4.74 Å². The molecule has 5 heteroatoms. The minimum absolute atomic E-state index is 0.298. The highest BCUT2D eigenvalue weighted by Crippen LogP contribution is 2.31. The van der Waals surface area contributed by atoms with Gasteiger partial charge in [0, 0.05) is 0 Å². The van der Waals surface area contributed by atoms with Crippen LogP contribution < -0.4 is 0 Å². The molecule has 1 aliphatic carbocycles. The third-order valence-electron chi connectivity index (χ3n) is 2.80. The number of esters is 1. The number of methoxy groups -OCH3 is 1. The highest BCUT2D eigenvalue weighted by Gasteiger charge is 2.25. The zero-order chi connectivity index (χ0) is 10.8. The molecule has 0 spiro atoms. The summed E-state index contributed by atoms with van der Waals surface area (Å²) in [5.74, 6) is -0.413. The maximum Gasteiger partial charge on any atom is 0.357 e. The number of nitrogens with zero attached hydrogens (tertiary/aromatic N) is 2. The first-order valence-electron chi connectivity index (χ1n) is 5.05. The number of halogens is 1. The van der Waals surface area contributed by atoms with Crippen molar-refractivity contribution in [2.24, 2.45) is 0 Å². The summed E-state index contributed by atoms with van der Waals surface area (Å²) in [6.45, 7) is 0. The summed E-state index contributed by atoms with van der Waals surface area (Å²) in [6.07, 6.45) is 5.99. The minimum atomic E-state index is -0.413. The van der Waals surface area contributed by atoms with E-state index in [2.05, 4.69) is 5.10 Å². The number of carbonyl (C=O) groups is 1. The average Bonchev–Trinajstić information content (AvgIpc) is 2.85. The molecule has 1 aliphatic rings. The van der Waals surface area contributed by atoms with E-state index in [-0.39, 0.29) is 0 Å². The van der Waals surface area contributed by atoms with Gasteiger partial charge in [0.25, 0.3) is 0 Å². The average molecular weight is 229 g/mol. The molecule has 1 aromatic rings. The molecule has 0 radical (unpaired) electrons. The predicted molar refractivity (Wildman–Crippen MR) is 56.1 cm³/mol. The molecule has 82 valence electrons. The lowest BCUT2D eigenvalue weighted by atomic mass is 10.2. The normalized spacial score (nSPS) is 16.9. The van der Waals surface area contributed by atoms with Crippen molar-refractivity contribution in [3.63, 3.8) is 0 Å². The molecule has 0 atom stereocenters. The second-order valence-electron chi connectivity index (χ2n) is 3.72. The van der Waals surface area contributed by atoms with E-state index in [1.165, 1.54) is 26.1 Å². The van der Waals surface area contributed by atoms with Crippen molar-refractivity contribution in [3.8, 4) is 0 Å². The molecule has 15 heavy (non-hydrogen) atoms. The Labute approximate surface area is 93.2 Å². The van der Waals surface area contributed by atoms with Crippen LogP contribution in [-0.4, -0.2) is 22.9 Å². The standard InChI is InChI=1S/C10H13ClN2O2/c1-15-10(14)9-8(11)6-12-13(9)7-4-2-3-5-7/h6-7H,2-5H2,1H3. The van der Waals surface area contributed by atoms with Crippen LogP contribution in [0, 0.1) is 0 Å².